The van der Waals surface area contributed by atoms with E-state index in [-0.39, 0.29) is 5.56 Å². The molecule has 0 atom stereocenters. The van der Waals surface area contributed by atoms with Crippen molar-refractivity contribution in [3.05, 3.63) is 65.7 Å². The molecule has 0 amide bonds. The van der Waals surface area contributed by atoms with Crippen LogP contribution in [0.3, 0.4) is 0 Å². The van der Waals surface area contributed by atoms with Crippen LogP contribution in [0, 0.1) is 0 Å². The van der Waals surface area contributed by atoms with Crippen LogP contribution >= 0.6 is 12.2 Å². The second kappa shape index (κ2) is 6.85. The van der Waals surface area contributed by atoms with Gasteiger partial charge in [-0.25, -0.2) is 4.79 Å². The molecule has 0 aliphatic heterocycles. The molecule has 2 aromatic carbocycles. The first-order chi connectivity index (χ1) is 10.1. The lowest BCUT2D eigenvalue weighted by Crippen LogP contribution is -2.31. The van der Waals surface area contributed by atoms with Crippen LogP contribution in [0.25, 0.3) is 0 Å². The second-order valence-electron chi connectivity index (χ2n) is 4.62. The summed E-state index contributed by atoms with van der Waals surface area (Å²) in [5.74, 6) is -0.980. The largest absolute Gasteiger partial charge is 0.478 e. The molecule has 0 saturated carbocycles. The van der Waals surface area contributed by atoms with Crippen molar-refractivity contribution in [2.24, 2.45) is 0 Å². The van der Waals surface area contributed by atoms with Crippen LogP contribution < -0.4 is 5.32 Å². The summed E-state index contributed by atoms with van der Waals surface area (Å²) >= 11 is 5.33. The van der Waals surface area contributed by atoms with Crippen LogP contribution in [0.4, 0.5) is 5.69 Å². The highest BCUT2D eigenvalue weighted by molar-refractivity contribution is 7.80. The molecule has 0 saturated heterocycles. The number of benzene rings is 2. The summed E-state index contributed by atoms with van der Waals surface area (Å²) in [6.45, 7) is 0.655. The maximum Gasteiger partial charge on any atom is 0.337 e. The van der Waals surface area contributed by atoms with E-state index in [0.717, 1.165) is 5.56 Å². The van der Waals surface area contributed by atoms with Crippen LogP contribution in [0.5, 0.6) is 0 Å². The molecule has 0 aliphatic rings. The maximum atomic E-state index is 11.2. The lowest BCUT2D eigenvalue weighted by molar-refractivity contribution is 0.0698. The van der Waals surface area contributed by atoms with Crippen LogP contribution in [-0.2, 0) is 6.54 Å². The molecular weight excluding hydrogens is 284 g/mol. The number of nitrogens with zero attached hydrogens (tertiary/aromatic N) is 1. The van der Waals surface area contributed by atoms with Crippen LogP contribution in [-0.4, -0.2) is 28.1 Å². The number of aromatic carboxylic acids is 1. The highest BCUT2D eigenvalue weighted by atomic mass is 32.1. The Morgan fingerprint density at radius 3 is 2.43 bits per heavy atom. The summed E-state index contributed by atoms with van der Waals surface area (Å²) in [5.41, 5.74) is 1.83. The molecule has 5 heteroatoms. The third kappa shape index (κ3) is 4.03. The molecule has 108 valence electrons. The number of nitrogens with one attached hydrogen (secondary N) is 1. The number of rotatable bonds is 4. The molecule has 2 aromatic rings. The number of anilines is 1. The Hall–Kier alpha value is -2.40. The summed E-state index contributed by atoms with van der Waals surface area (Å²) in [6, 6.07) is 16.6. The van der Waals surface area contributed by atoms with Gasteiger partial charge in [0.05, 0.1) is 11.3 Å². The number of thiocarbonyl (C=S) groups is 1. The zero-order valence-corrected chi connectivity index (χ0v) is 12.4. The van der Waals surface area contributed by atoms with Gasteiger partial charge in [0.15, 0.2) is 5.11 Å². The summed E-state index contributed by atoms with van der Waals surface area (Å²) in [4.78, 5) is 13.0. The van der Waals surface area contributed by atoms with Crippen molar-refractivity contribution in [2.45, 2.75) is 6.54 Å². The summed E-state index contributed by atoms with van der Waals surface area (Å²) in [5, 5.41) is 12.6. The highest BCUT2D eigenvalue weighted by Gasteiger charge is 2.12. The van der Waals surface area contributed by atoms with E-state index < -0.39 is 5.97 Å². The Morgan fingerprint density at radius 1 is 1.14 bits per heavy atom. The van der Waals surface area contributed by atoms with Crippen molar-refractivity contribution < 1.29 is 9.90 Å². The fraction of sp³-hybridized carbons (Fsp3) is 0.125. The summed E-state index contributed by atoms with van der Waals surface area (Å²) < 4.78 is 0. The van der Waals surface area contributed by atoms with Gasteiger partial charge in [0.25, 0.3) is 0 Å². The molecule has 0 bridgehead atoms. The van der Waals surface area contributed by atoms with Gasteiger partial charge in [-0.3, -0.25) is 0 Å². The lowest BCUT2D eigenvalue weighted by Gasteiger charge is -2.21. The van der Waals surface area contributed by atoms with Gasteiger partial charge in [-0.05, 0) is 29.9 Å². The number of hydrogen-bond donors (Lipinski definition) is 2. The maximum absolute atomic E-state index is 11.2. The predicted octanol–water partition coefficient (Wildman–Crippen LogP) is 3.21. The second-order valence-corrected chi connectivity index (χ2v) is 5.01. The minimum atomic E-state index is -0.980. The van der Waals surface area contributed by atoms with Crippen molar-refractivity contribution >= 4 is 29.0 Å². The monoisotopic (exact) mass is 300 g/mol. The lowest BCUT2D eigenvalue weighted by atomic mass is 10.2. The van der Waals surface area contributed by atoms with Crippen molar-refractivity contribution in [2.75, 3.05) is 12.4 Å². The fourth-order valence-electron chi connectivity index (χ4n) is 1.92. The number of carboxylic acids is 1. The van der Waals surface area contributed by atoms with Crippen LogP contribution in [0.1, 0.15) is 15.9 Å². The zero-order chi connectivity index (χ0) is 15.2. The number of carbonyl (C=O) groups is 1. The topological polar surface area (TPSA) is 52.6 Å². The number of para-hydroxylation sites is 1. The van der Waals surface area contributed by atoms with Gasteiger partial charge >= 0.3 is 5.97 Å². The van der Waals surface area contributed by atoms with Gasteiger partial charge in [0.1, 0.15) is 0 Å². The Morgan fingerprint density at radius 2 is 1.76 bits per heavy atom. The molecule has 0 heterocycles. The Bertz CT molecular complexity index is 644. The van der Waals surface area contributed by atoms with Gasteiger partial charge in [0.2, 0.25) is 0 Å². The quantitative estimate of drug-likeness (QED) is 0.849. The van der Waals surface area contributed by atoms with Gasteiger partial charge in [-0.2, -0.15) is 0 Å². The molecule has 0 fully saturated rings. The molecule has 2 N–H and O–H groups in total. The Labute approximate surface area is 129 Å². The first-order valence-corrected chi connectivity index (χ1v) is 6.87. The standard InChI is InChI=1S/C16H16N2O2S/c1-18(11-12-7-3-2-4-8-12)16(21)17-14-10-6-5-9-13(14)15(19)20/h2-10H,11H2,1H3,(H,17,21)(H,19,20). The van der Waals surface area contributed by atoms with E-state index in [1.807, 2.05) is 42.3 Å². The first kappa shape index (κ1) is 15.0. The minimum absolute atomic E-state index is 0.202. The van der Waals surface area contributed by atoms with E-state index in [0.29, 0.717) is 17.3 Å². The van der Waals surface area contributed by atoms with E-state index in [4.69, 9.17) is 17.3 Å². The van der Waals surface area contributed by atoms with Gasteiger partial charge in [-0.1, -0.05) is 42.5 Å². The average molecular weight is 300 g/mol. The zero-order valence-electron chi connectivity index (χ0n) is 11.6. The SMILES string of the molecule is CN(Cc1ccccc1)C(=S)Nc1ccccc1C(=O)O. The van der Waals surface area contributed by atoms with Crippen molar-refractivity contribution in [1.82, 2.24) is 4.90 Å². The molecule has 4 nitrogen and oxygen atoms in total. The third-order valence-electron chi connectivity index (χ3n) is 3.01. The molecule has 0 aromatic heterocycles. The van der Waals surface area contributed by atoms with Crippen molar-refractivity contribution in [3.63, 3.8) is 0 Å². The van der Waals surface area contributed by atoms with E-state index >= 15 is 0 Å². The van der Waals surface area contributed by atoms with Crippen LogP contribution in [0.2, 0.25) is 0 Å². The van der Waals surface area contributed by atoms with Gasteiger partial charge < -0.3 is 15.3 Å². The molecule has 0 radical (unpaired) electrons. The average Bonchev–Trinajstić information content (AvgIpc) is 2.48. The summed E-state index contributed by atoms with van der Waals surface area (Å²) in [7, 11) is 1.87. The molecule has 2 rings (SSSR count). The molecule has 21 heavy (non-hydrogen) atoms. The molecular formula is C16H16N2O2S. The van der Waals surface area contributed by atoms with Gasteiger partial charge in [0, 0.05) is 13.6 Å². The Balaban J connectivity index is 2.06. The molecule has 0 unspecified atom stereocenters. The van der Waals surface area contributed by atoms with Crippen molar-refractivity contribution in [3.8, 4) is 0 Å². The number of hydrogen-bond acceptors (Lipinski definition) is 2. The van der Waals surface area contributed by atoms with E-state index in [9.17, 15) is 4.79 Å². The number of carboxylic acid groups (broad SMARTS) is 1. The van der Waals surface area contributed by atoms with Gasteiger partial charge in [-0.15, -0.1) is 0 Å². The Kier molecular flexibility index (Phi) is 4.90. The van der Waals surface area contributed by atoms with E-state index in [2.05, 4.69) is 5.32 Å². The highest BCUT2D eigenvalue weighted by Crippen LogP contribution is 2.16. The van der Waals surface area contributed by atoms with Crippen LogP contribution in [0.15, 0.2) is 54.6 Å². The van der Waals surface area contributed by atoms with E-state index in [1.165, 1.54) is 0 Å². The smallest absolute Gasteiger partial charge is 0.337 e. The summed E-state index contributed by atoms with van der Waals surface area (Å²) in [6.07, 6.45) is 0. The normalized spacial score (nSPS) is 9.95. The molecule has 0 spiro atoms. The third-order valence-corrected chi connectivity index (χ3v) is 3.42. The van der Waals surface area contributed by atoms with E-state index in [1.54, 1.807) is 24.3 Å². The fourth-order valence-corrected chi connectivity index (χ4v) is 2.09. The molecule has 0 aliphatic carbocycles. The van der Waals surface area contributed by atoms with Crippen molar-refractivity contribution in [1.29, 1.82) is 0 Å². The predicted molar refractivity (Wildman–Crippen MR) is 87.5 cm³/mol. The first-order valence-electron chi connectivity index (χ1n) is 6.46. The minimum Gasteiger partial charge on any atom is -0.478 e.